The molecule has 0 aliphatic carbocycles. The highest BCUT2D eigenvalue weighted by Gasteiger charge is 2.25. The topological polar surface area (TPSA) is 58.6 Å². The quantitative estimate of drug-likeness (QED) is 0.587. The molecule has 0 aromatic rings. The normalized spacial score (nSPS) is 29.7. The van der Waals surface area contributed by atoms with Crippen molar-refractivity contribution in [1.82, 2.24) is 5.32 Å². The molecular weight excluding hydrogens is 158 g/mol. The molecule has 0 radical (unpaired) electrons. The summed E-state index contributed by atoms with van der Waals surface area (Å²) in [4.78, 5) is 10.5. The molecule has 1 aliphatic rings. The summed E-state index contributed by atoms with van der Waals surface area (Å²) in [6.07, 6.45) is 2.50. The van der Waals surface area contributed by atoms with Gasteiger partial charge in [0.25, 0.3) is 0 Å². The summed E-state index contributed by atoms with van der Waals surface area (Å²) < 4.78 is 5.12. The van der Waals surface area contributed by atoms with Crippen LogP contribution in [0.3, 0.4) is 0 Å². The Morgan fingerprint density at radius 3 is 3.08 bits per heavy atom. The van der Waals surface area contributed by atoms with Gasteiger partial charge in [-0.05, 0) is 6.42 Å². The van der Waals surface area contributed by atoms with Crippen LogP contribution in [0.1, 0.15) is 6.42 Å². The van der Waals surface area contributed by atoms with E-state index in [4.69, 9.17) is 9.84 Å². The van der Waals surface area contributed by atoms with E-state index in [0.717, 1.165) is 6.42 Å². The molecule has 0 aromatic carbocycles. The molecule has 1 aliphatic heterocycles. The predicted octanol–water partition coefficient (Wildman–Crippen LogP) is 0.00410. The highest BCUT2D eigenvalue weighted by molar-refractivity contribution is 5.73. The molecule has 2 unspecified atom stereocenters. The number of hydrogen-bond donors (Lipinski definition) is 2. The van der Waals surface area contributed by atoms with E-state index in [9.17, 15) is 4.79 Å². The first kappa shape index (κ1) is 9.22. The van der Waals surface area contributed by atoms with E-state index in [0.29, 0.717) is 6.61 Å². The SMILES string of the molecule is C=CCC1COCC(C(=O)O)N1. The Labute approximate surface area is 71.2 Å². The molecule has 68 valence electrons. The van der Waals surface area contributed by atoms with Gasteiger partial charge in [0.15, 0.2) is 0 Å². The van der Waals surface area contributed by atoms with E-state index in [1.54, 1.807) is 6.08 Å². The summed E-state index contributed by atoms with van der Waals surface area (Å²) in [5.41, 5.74) is 0. The minimum absolute atomic E-state index is 0.0948. The van der Waals surface area contributed by atoms with Crippen LogP contribution in [0.4, 0.5) is 0 Å². The lowest BCUT2D eigenvalue weighted by Gasteiger charge is -2.27. The first-order valence-corrected chi connectivity index (χ1v) is 3.91. The Balaban J connectivity index is 2.39. The monoisotopic (exact) mass is 171 g/mol. The molecule has 0 spiro atoms. The molecule has 2 N–H and O–H groups in total. The fourth-order valence-corrected chi connectivity index (χ4v) is 1.19. The number of ether oxygens (including phenoxy) is 1. The van der Waals surface area contributed by atoms with Crippen LogP contribution >= 0.6 is 0 Å². The highest BCUT2D eigenvalue weighted by Crippen LogP contribution is 2.03. The zero-order valence-corrected chi connectivity index (χ0v) is 6.82. The van der Waals surface area contributed by atoms with Gasteiger partial charge in [0, 0.05) is 6.04 Å². The van der Waals surface area contributed by atoms with Crippen LogP contribution in [-0.2, 0) is 9.53 Å². The Hall–Kier alpha value is -0.870. The highest BCUT2D eigenvalue weighted by atomic mass is 16.5. The van der Waals surface area contributed by atoms with Crippen molar-refractivity contribution < 1.29 is 14.6 Å². The fourth-order valence-electron chi connectivity index (χ4n) is 1.19. The third-order valence-electron chi connectivity index (χ3n) is 1.79. The Bertz CT molecular complexity index is 181. The summed E-state index contributed by atoms with van der Waals surface area (Å²) in [5.74, 6) is -0.858. The zero-order chi connectivity index (χ0) is 8.97. The van der Waals surface area contributed by atoms with Crippen LogP contribution in [0.2, 0.25) is 0 Å². The number of carboxylic acids is 1. The maximum atomic E-state index is 10.5. The second-order valence-corrected chi connectivity index (χ2v) is 2.82. The predicted molar refractivity (Wildman–Crippen MR) is 44.0 cm³/mol. The number of nitrogens with one attached hydrogen (secondary N) is 1. The first-order chi connectivity index (χ1) is 5.74. The van der Waals surface area contributed by atoms with Crippen LogP contribution in [-0.4, -0.2) is 36.4 Å². The largest absolute Gasteiger partial charge is 0.480 e. The van der Waals surface area contributed by atoms with Gasteiger partial charge >= 0.3 is 5.97 Å². The van der Waals surface area contributed by atoms with E-state index in [1.807, 2.05) is 0 Å². The molecule has 0 saturated carbocycles. The third kappa shape index (κ3) is 2.32. The van der Waals surface area contributed by atoms with E-state index < -0.39 is 12.0 Å². The van der Waals surface area contributed by atoms with Crippen LogP contribution in [0.25, 0.3) is 0 Å². The van der Waals surface area contributed by atoms with Gasteiger partial charge in [-0.2, -0.15) is 0 Å². The number of morpholine rings is 1. The second kappa shape index (κ2) is 4.23. The minimum Gasteiger partial charge on any atom is -0.480 e. The number of carboxylic acid groups (broad SMARTS) is 1. The molecule has 12 heavy (non-hydrogen) atoms. The van der Waals surface area contributed by atoms with Gasteiger partial charge in [-0.1, -0.05) is 6.08 Å². The number of carbonyl (C=O) groups is 1. The van der Waals surface area contributed by atoms with Crippen molar-refractivity contribution >= 4 is 5.97 Å². The van der Waals surface area contributed by atoms with Gasteiger partial charge in [-0.25, -0.2) is 0 Å². The lowest BCUT2D eigenvalue weighted by Crippen LogP contribution is -2.52. The molecule has 1 fully saturated rings. The van der Waals surface area contributed by atoms with E-state index in [-0.39, 0.29) is 12.6 Å². The van der Waals surface area contributed by atoms with Crippen molar-refractivity contribution in [3.63, 3.8) is 0 Å². The Morgan fingerprint density at radius 1 is 1.75 bits per heavy atom. The average molecular weight is 171 g/mol. The molecule has 4 heteroatoms. The minimum atomic E-state index is -0.858. The zero-order valence-electron chi connectivity index (χ0n) is 6.82. The first-order valence-electron chi connectivity index (χ1n) is 3.91. The van der Waals surface area contributed by atoms with Crippen molar-refractivity contribution in [3.8, 4) is 0 Å². The molecule has 1 rings (SSSR count). The number of rotatable bonds is 3. The van der Waals surface area contributed by atoms with Crippen molar-refractivity contribution in [2.24, 2.45) is 0 Å². The van der Waals surface area contributed by atoms with E-state index in [2.05, 4.69) is 11.9 Å². The summed E-state index contributed by atoms with van der Waals surface area (Å²) in [6, 6.07) is -0.471. The summed E-state index contributed by atoms with van der Waals surface area (Å²) in [7, 11) is 0. The van der Waals surface area contributed by atoms with Crippen LogP contribution in [0, 0.1) is 0 Å². The average Bonchev–Trinajstić information content (AvgIpc) is 2.05. The lowest BCUT2D eigenvalue weighted by molar-refractivity contribution is -0.143. The number of aliphatic carboxylic acids is 1. The van der Waals surface area contributed by atoms with Gasteiger partial charge in [0.1, 0.15) is 6.04 Å². The van der Waals surface area contributed by atoms with Crippen LogP contribution in [0.15, 0.2) is 12.7 Å². The van der Waals surface area contributed by atoms with Crippen molar-refractivity contribution in [2.75, 3.05) is 13.2 Å². The lowest BCUT2D eigenvalue weighted by atomic mass is 10.1. The molecule has 2 atom stereocenters. The van der Waals surface area contributed by atoms with E-state index >= 15 is 0 Å². The van der Waals surface area contributed by atoms with E-state index in [1.165, 1.54) is 0 Å². The van der Waals surface area contributed by atoms with Crippen LogP contribution in [0.5, 0.6) is 0 Å². The molecular formula is C8H13NO3. The van der Waals surface area contributed by atoms with Crippen molar-refractivity contribution in [1.29, 1.82) is 0 Å². The molecule has 0 aromatic heterocycles. The van der Waals surface area contributed by atoms with Crippen molar-refractivity contribution in [2.45, 2.75) is 18.5 Å². The summed E-state index contributed by atoms with van der Waals surface area (Å²) in [5, 5.41) is 11.6. The smallest absolute Gasteiger partial charge is 0.323 e. The molecule has 4 nitrogen and oxygen atoms in total. The fraction of sp³-hybridized carbons (Fsp3) is 0.625. The molecule has 0 amide bonds. The molecule has 0 bridgehead atoms. The molecule has 1 heterocycles. The maximum Gasteiger partial charge on any atom is 0.323 e. The Kier molecular flexibility index (Phi) is 3.25. The van der Waals surface area contributed by atoms with Gasteiger partial charge in [0.05, 0.1) is 13.2 Å². The van der Waals surface area contributed by atoms with Crippen molar-refractivity contribution in [3.05, 3.63) is 12.7 Å². The summed E-state index contributed by atoms with van der Waals surface area (Å²) >= 11 is 0. The van der Waals surface area contributed by atoms with Gasteiger partial charge in [-0.15, -0.1) is 6.58 Å². The second-order valence-electron chi connectivity index (χ2n) is 2.82. The van der Waals surface area contributed by atoms with Gasteiger partial charge in [-0.3, -0.25) is 10.1 Å². The number of hydrogen-bond acceptors (Lipinski definition) is 3. The maximum absolute atomic E-state index is 10.5. The van der Waals surface area contributed by atoms with Crippen LogP contribution < -0.4 is 5.32 Å². The Morgan fingerprint density at radius 2 is 2.50 bits per heavy atom. The van der Waals surface area contributed by atoms with Gasteiger partial charge < -0.3 is 9.84 Å². The van der Waals surface area contributed by atoms with Gasteiger partial charge in [0.2, 0.25) is 0 Å². The summed E-state index contributed by atoms with van der Waals surface area (Å²) in [6.45, 7) is 4.40. The third-order valence-corrected chi connectivity index (χ3v) is 1.79. The standard InChI is InChI=1S/C8H13NO3/c1-2-3-6-4-12-5-7(9-6)8(10)11/h2,6-7,9H,1,3-5H2,(H,10,11). The molecule has 1 saturated heterocycles.